The lowest BCUT2D eigenvalue weighted by atomic mass is 10.1. The number of nitrogens with one attached hydrogen (secondary N) is 2. The van der Waals surface area contributed by atoms with Crippen molar-refractivity contribution in [2.24, 2.45) is 0 Å². The minimum absolute atomic E-state index is 0.00332. The van der Waals surface area contributed by atoms with E-state index in [2.05, 4.69) is 26.1 Å². The first-order valence-corrected chi connectivity index (χ1v) is 12.6. The number of anilines is 4. The average Bonchev–Trinajstić information content (AvgIpc) is 2.93. The summed E-state index contributed by atoms with van der Waals surface area (Å²) in [4.78, 5) is 11.7. The highest BCUT2D eigenvalue weighted by Gasteiger charge is 2.20. The second kappa shape index (κ2) is 10.6. The summed E-state index contributed by atoms with van der Waals surface area (Å²) in [6.45, 7) is 2.52. The molecule has 5 rings (SSSR count). The Labute approximate surface area is 215 Å². The van der Waals surface area contributed by atoms with Crippen molar-refractivity contribution in [3.8, 4) is 6.07 Å². The summed E-state index contributed by atoms with van der Waals surface area (Å²) in [6.07, 6.45) is 1.67. The number of halogens is 2. The highest BCUT2D eigenvalue weighted by Crippen LogP contribution is 2.37. The van der Waals surface area contributed by atoms with Crippen LogP contribution in [0, 0.1) is 17.1 Å². The summed E-state index contributed by atoms with van der Waals surface area (Å²) in [6, 6.07) is 16.9. The van der Waals surface area contributed by atoms with Gasteiger partial charge >= 0.3 is 0 Å². The van der Waals surface area contributed by atoms with Crippen LogP contribution in [0.1, 0.15) is 5.56 Å². The van der Waals surface area contributed by atoms with Crippen LogP contribution in [0.5, 0.6) is 0 Å². The maximum atomic E-state index is 14.9. The first-order chi connectivity index (χ1) is 17.5. The van der Waals surface area contributed by atoms with E-state index in [1.54, 1.807) is 42.6 Å². The number of nitrogens with zero attached hydrogens (tertiary/aromatic N) is 4. The summed E-state index contributed by atoms with van der Waals surface area (Å²) in [5.41, 5.74) is 1.67. The lowest BCUT2D eigenvalue weighted by Crippen LogP contribution is -2.36. The highest BCUT2D eigenvalue weighted by atomic mass is 35.5. The van der Waals surface area contributed by atoms with Gasteiger partial charge in [0.25, 0.3) is 0 Å². The standard InChI is InChI=1S/C25H20ClFN6O2S/c26-23-20(32-36(34)16-4-2-1-3-5-16)7-6-18(27)25(23)30-19-8-9-21-24(17(19)14-28)31-22(15-29-21)33-10-12-35-13-11-33/h1-9,15,30,32H,10-13H2. The molecule has 1 unspecified atom stereocenters. The van der Waals surface area contributed by atoms with Gasteiger partial charge in [-0.25, -0.2) is 14.1 Å². The number of rotatable bonds is 6. The van der Waals surface area contributed by atoms with Crippen LogP contribution in [0.2, 0.25) is 5.02 Å². The molecule has 1 saturated heterocycles. The number of hydrogen-bond donors (Lipinski definition) is 2. The minimum Gasteiger partial charge on any atom is -0.588 e. The fourth-order valence-electron chi connectivity index (χ4n) is 3.81. The van der Waals surface area contributed by atoms with Gasteiger partial charge in [-0.15, -0.1) is 0 Å². The van der Waals surface area contributed by atoms with Crippen LogP contribution < -0.4 is 14.9 Å². The second-order valence-corrected chi connectivity index (χ2v) is 9.48. The number of morpholine rings is 1. The Bertz CT molecular complexity index is 1450. The molecule has 0 bridgehead atoms. The van der Waals surface area contributed by atoms with E-state index >= 15 is 0 Å². The van der Waals surface area contributed by atoms with Crippen LogP contribution in [0.3, 0.4) is 0 Å². The monoisotopic (exact) mass is 522 g/mol. The summed E-state index contributed by atoms with van der Waals surface area (Å²) < 4.78 is 35.7. The predicted octanol–water partition coefficient (Wildman–Crippen LogP) is 5.01. The number of hydrogen-bond acceptors (Lipinski definition) is 8. The molecule has 2 heterocycles. The van der Waals surface area contributed by atoms with Crippen molar-refractivity contribution in [2.75, 3.05) is 41.2 Å². The van der Waals surface area contributed by atoms with E-state index < -0.39 is 17.2 Å². The molecule has 8 nitrogen and oxygen atoms in total. The van der Waals surface area contributed by atoms with E-state index in [4.69, 9.17) is 16.3 Å². The van der Waals surface area contributed by atoms with Crippen molar-refractivity contribution in [1.82, 2.24) is 9.97 Å². The molecule has 0 saturated carbocycles. The van der Waals surface area contributed by atoms with Crippen molar-refractivity contribution >= 4 is 56.9 Å². The van der Waals surface area contributed by atoms with Crippen molar-refractivity contribution in [3.05, 3.63) is 77.2 Å². The Morgan fingerprint density at radius 3 is 2.58 bits per heavy atom. The van der Waals surface area contributed by atoms with Gasteiger partial charge in [-0.05, 0) is 36.4 Å². The van der Waals surface area contributed by atoms with Crippen LogP contribution in [-0.2, 0) is 16.1 Å². The van der Waals surface area contributed by atoms with E-state index in [9.17, 15) is 14.2 Å². The third-order valence-electron chi connectivity index (χ3n) is 5.66. The molecule has 36 heavy (non-hydrogen) atoms. The predicted molar refractivity (Wildman–Crippen MR) is 138 cm³/mol. The molecule has 0 spiro atoms. The molecule has 1 fully saturated rings. The molecule has 1 aliphatic rings. The first-order valence-electron chi connectivity index (χ1n) is 11.1. The molecule has 3 aromatic carbocycles. The zero-order valence-electron chi connectivity index (χ0n) is 18.9. The van der Waals surface area contributed by atoms with Gasteiger partial charge in [0, 0.05) is 13.1 Å². The quantitative estimate of drug-likeness (QED) is 0.340. The van der Waals surface area contributed by atoms with Crippen molar-refractivity contribution in [1.29, 1.82) is 5.26 Å². The van der Waals surface area contributed by atoms with Gasteiger partial charge in [0.05, 0.1) is 41.3 Å². The SMILES string of the molecule is N#Cc1c(Nc2c(F)ccc(N[S+]([O-])c3ccccc3)c2Cl)ccc2ncc(N3CCOCC3)nc12. The van der Waals surface area contributed by atoms with Gasteiger partial charge in [-0.3, -0.25) is 4.98 Å². The molecule has 2 N–H and O–H groups in total. The van der Waals surface area contributed by atoms with E-state index in [1.807, 2.05) is 11.0 Å². The van der Waals surface area contributed by atoms with Crippen molar-refractivity contribution in [3.63, 3.8) is 0 Å². The van der Waals surface area contributed by atoms with Crippen molar-refractivity contribution in [2.45, 2.75) is 4.90 Å². The molecule has 1 atom stereocenters. The maximum Gasteiger partial charge on any atom is 0.179 e. The lowest BCUT2D eigenvalue weighted by molar-refractivity contribution is 0.122. The molecule has 11 heteroatoms. The van der Waals surface area contributed by atoms with Gasteiger partial charge < -0.3 is 19.5 Å². The van der Waals surface area contributed by atoms with E-state index in [0.29, 0.717) is 53.7 Å². The fourth-order valence-corrected chi connectivity index (χ4v) is 5.01. The third kappa shape index (κ3) is 4.87. The summed E-state index contributed by atoms with van der Waals surface area (Å²) in [5.74, 6) is 0.00596. The maximum absolute atomic E-state index is 14.9. The van der Waals surface area contributed by atoms with Gasteiger partial charge in [0.15, 0.2) is 4.90 Å². The molecule has 0 aliphatic carbocycles. The van der Waals surface area contributed by atoms with E-state index in [0.717, 1.165) is 0 Å². The molecule has 0 amide bonds. The number of aromatic nitrogens is 2. The Morgan fingerprint density at radius 2 is 1.83 bits per heavy atom. The van der Waals surface area contributed by atoms with Gasteiger partial charge in [0.2, 0.25) is 0 Å². The topological polar surface area (TPSA) is 109 Å². The van der Waals surface area contributed by atoms with Gasteiger partial charge in [-0.1, -0.05) is 29.8 Å². The summed E-state index contributed by atoms with van der Waals surface area (Å²) >= 11 is 4.90. The normalized spacial score (nSPS) is 14.3. The molecule has 182 valence electrons. The Hall–Kier alpha value is -3.62. The number of fused-ring (bicyclic) bond motifs is 1. The van der Waals surface area contributed by atoms with Crippen LogP contribution in [0.15, 0.2) is 65.7 Å². The molecule has 4 aromatic rings. The number of benzene rings is 3. The number of nitriles is 1. The zero-order chi connectivity index (χ0) is 25.1. The van der Waals surface area contributed by atoms with Crippen LogP contribution in [0.4, 0.5) is 27.3 Å². The highest BCUT2D eigenvalue weighted by molar-refractivity contribution is 7.92. The molecular weight excluding hydrogens is 503 g/mol. The van der Waals surface area contributed by atoms with Gasteiger partial charge in [0.1, 0.15) is 45.8 Å². The first kappa shape index (κ1) is 24.1. The van der Waals surface area contributed by atoms with Crippen LogP contribution in [-0.4, -0.2) is 40.8 Å². The van der Waals surface area contributed by atoms with E-state index in [-0.39, 0.29) is 22.0 Å². The minimum atomic E-state index is -1.60. The molecular formula is C25H20ClFN6O2S. The second-order valence-electron chi connectivity index (χ2n) is 7.89. The molecule has 0 radical (unpaired) electrons. The van der Waals surface area contributed by atoms with Crippen LogP contribution >= 0.6 is 11.6 Å². The smallest absolute Gasteiger partial charge is 0.179 e. The van der Waals surface area contributed by atoms with Crippen molar-refractivity contribution < 1.29 is 13.7 Å². The molecule has 1 aliphatic heterocycles. The summed E-state index contributed by atoms with van der Waals surface area (Å²) in [5, 5.41) is 12.9. The van der Waals surface area contributed by atoms with Crippen LogP contribution in [0.25, 0.3) is 11.0 Å². The summed E-state index contributed by atoms with van der Waals surface area (Å²) in [7, 11) is 0. The zero-order valence-corrected chi connectivity index (χ0v) is 20.4. The Kier molecular flexibility index (Phi) is 7.06. The lowest BCUT2D eigenvalue weighted by Gasteiger charge is -2.27. The van der Waals surface area contributed by atoms with Gasteiger partial charge in [-0.2, -0.15) is 5.26 Å². The largest absolute Gasteiger partial charge is 0.588 e. The third-order valence-corrected chi connectivity index (χ3v) is 7.16. The Balaban J connectivity index is 1.48. The Morgan fingerprint density at radius 1 is 1.08 bits per heavy atom. The average molecular weight is 523 g/mol. The fraction of sp³-hybridized carbons (Fsp3) is 0.160. The van der Waals surface area contributed by atoms with E-state index in [1.165, 1.54) is 12.1 Å². The molecule has 1 aromatic heterocycles. The number of ether oxygens (including phenoxy) is 1.